The highest BCUT2D eigenvalue weighted by atomic mass is 35.5. The van der Waals surface area contributed by atoms with E-state index in [-0.39, 0.29) is 18.3 Å². The van der Waals surface area contributed by atoms with E-state index in [9.17, 15) is 4.79 Å². The Kier molecular flexibility index (Phi) is 8.75. The molecule has 0 radical (unpaired) electrons. The lowest BCUT2D eigenvalue weighted by Crippen LogP contribution is -2.25. The molecule has 2 aromatic carbocycles. The number of methoxy groups -OCH3 is 3. The number of hydrogen-bond donors (Lipinski definition) is 2. The fourth-order valence-corrected chi connectivity index (χ4v) is 2.57. The maximum Gasteiger partial charge on any atom is 0.251 e. The van der Waals surface area contributed by atoms with Crippen molar-refractivity contribution < 1.29 is 19.0 Å². The summed E-state index contributed by atoms with van der Waals surface area (Å²) in [6, 6.07) is 11.0. The van der Waals surface area contributed by atoms with Gasteiger partial charge in [0.05, 0.1) is 21.3 Å². The summed E-state index contributed by atoms with van der Waals surface area (Å²) in [6.45, 7) is 0.935. The smallest absolute Gasteiger partial charge is 0.251 e. The van der Waals surface area contributed by atoms with Crippen LogP contribution >= 0.6 is 12.4 Å². The van der Waals surface area contributed by atoms with Crippen LogP contribution in [0.15, 0.2) is 36.4 Å². The van der Waals surface area contributed by atoms with Gasteiger partial charge in [0.2, 0.25) is 5.75 Å². The van der Waals surface area contributed by atoms with Crippen LogP contribution in [0.25, 0.3) is 0 Å². The Labute approximate surface area is 160 Å². The highest BCUT2D eigenvalue weighted by molar-refractivity contribution is 5.94. The van der Waals surface area contributed by atoms with Crippen LogP contribution in [0.4, 0.5) is 0 Å². The summed E-state index contributed by atoms with van der Waals surface area (Å²) in [5, 5.41) is 2.90. The summed E-state index contributed by atoms with van der Waals surface area (Å²) in [6.07, 6.45) is 0.607. The van der Waals surface area contributed by atoms with E-state index >= 15 is 0 Å². The van der Waals surface area contributed by atoms with Crippen molar-refractivity contribution >= 4 is 18.3 Å². The average Bonchev–Trinajstić information content (AvgIpc) is 2.67. The van der Waals surface area contributed by atoms with Gasteiger partial charge in [-0.05, 0) is 30.2 Å². The second-order valence-corrected chi connectivity index (χ2v) is 5.40. The summed E-state index contributed by atoms with van der Waals surface area (Å²) in [5.74, 6) is 1.64. The molecule has 0 aliphatic heterocycles. The third kappa shape index (κ3) is 5.03. The van der Waals surface area contributed by atoms with Crippen molar-refractivity contribution in [3.8, 4) is 17.2 Å². The van der Waals surface area contributed by atoms with Gasteiger partial charge in [-0.25, -0.2) is 0 Å². The van der Waals surface area contributed by atoms with Gasteiger partial charge >= 0.3 is 0 Å². The maximum absolute atomic E-state index is 12.2. The van der Waals surface area contributed by atoms with E-state index in [2.05, 4.69) is 5.32 Å². The SMILES string of the molecule is COc1ccc(CCNC(=O)c2ccc(CN)cc2)c(OC)c1OC.Cl. The molecule has 0 saturated carbocycles. The van der Waals surface area contributed by atoms with E-state index in [4.69, 9.17) is 19.9 Å². The van der Waals surface area contributed by atoms with Crippen molar-refractivity contribution in [2.45, 2.75) is 13.0 Å². The molecular formula is C19H25ClN2O4. The zero-order chi connectivity index (χ0) is 18.2. The van der Waals surface area contributed by atoms with E-state index in [0.717, 1.165) is 11.1 Å². The molecule has 0 saturated heterocycles. The summed E-state index contributed by atoms with van der Waals surface area (Å²) >= 11 is 0. The quantitative estimate of drug-likeness (QED) is 0.735. The second kappa shape index (κ2) is 10.5. The molecular weight excluding hydrogens is 356 g/mol. The van der Waals surface area contributed by atoms with Crippen LogP contribution in [0.2, 0.25) is 0 Å². The van der Waals surface area contributed by atoms with Gasteiger partial charge in [0.25, 0.3) is 5.91 Å². The minimum atomic E-state index is -0.122. The van der Waals surface area contributed by atoms with Crippen molar-refractivity contribution in [1.82, 2.24) is 5.32 Å². The Balaban J connectivity index is 0.00000338. The van der Waals surface area contributed by atoms with Crippen LogP contribution < -0.4 is 25.3 Å². The number of benzene rings is 2. The predicted octanol–water partition coefficient (Wildman–Crippen LogP) is 2.57. The van der Waals surface area contributed by atoms with Crippen LogP contribution in [0.3, 0.4) is 0 Å². The van der Waals surface area contributed by atoms with Gasteiger partial charge in [-0.3, -0.25) is 4.79 Å². The van der Waals surface area contributed by atoms with Crippen molar-refractivity contribution in [3.05, 3.63) is 53.1 Å². The third-order valence-corrected chi connectivity index (χ3v) is 3.92. The Morgan fingerprint density at radius 1 is 0.962 bits per heavy atom. The predicted molar refractivity (Wildman–Crippen MR) is 104 cm³/mol. The van der Waals surface area contributed by atoms with Crippen LogP contribution in [-0.4, -0.2) is 33.8 Å². The maximum atomic E-state index is 12.2. The first-order valence-corrected chi connectivity index (χ1v) is 7.99. The molecule has 0 aliphatic rings. The summed E-state index contributed by atoms with van der Waals surface area (Å²) in [7, 11) is 4.72. The molecule has 0 aromatic heterocycles. The normalized spacial score (nSPS) is 9.85. The molecule has 0 heterocycles. The van der Waals surface area contributed by atoms with Crippen LogP contribution in [0.5, 0.6) is 17.2 Å². The van der Waals surface area contributed by atoms with Gasteiger partial charge < -0.3 is 25.3 Å². The van der Waals surface area contributed by atoms with Crippen LogP contribution in [0, 0.1) is 0 Å². The fourth-order valence-electron chi connectivity index (χ4n) is 2.57. The molecule has 0 fully saturated rings. The first-order chi connectivity index (χ1) is 12.1. The molecule has 2 aromatic rings. The van der Waals surface area contributed by atoms with Crippen molar-refractivity contribution in [2.24, 2.45) is 5.73 Å². The number of carbonyl (C=O) groups excluding carboxylic acids is 1. The van der Waals surface area contributed by atoms with Crippen LogP contribution in [-0.2, 0) is 13.0 Å². The zero-order valence-corrected chi connectivity index (χ0v) is 16.0. The second-order valence-electron chi connectivity index (χ2n) is 5.40. The third-order valence-electron chi connectivity index (χ3n) is 3.92. The van der Waals surface area contributed by atoms with Gasteiger partial charge in [-0.1, -0.05) is 18.2 Å². The van der Waals surface area contributed by atoms with Gasteiger partial charge in [0.1, 0.15) is 0 Å². The number of amides is 1. The van der Waals surface area contributed by atoms with Crippen molar-refractivity contribution in [3.63, 3.8) is 0 Å². The Hall–Kier alpha value is -2.44. The molecule has 142 valence electrons. The molecule has 0 aliphatic carbocycles. The summed E-state index contributed by atoms with van der Waals surface area (Å²) in [4.78, 5) is 12.2. The molecule has 0 unspecified atom stereocenters. The Bertz CT molecular complexity index is 720. The van der Waals surface area contributed by atoms with E-state index in [0.29, 0.717) is 42.3 Å². The molecule has 7 heteroatoms. The number of ether oxygens (including phenoxy) is 3. The summed E-state index contributed by atoms with van der Waals surface area (Å²) < 4.78 is 16.1. The number of halogens is 1. The van der Waals surface area contributed by atoms with Crippen LogP contribution in [0.1, 0.15) is 21.5 Å². The van der Waals surface area contributed by atoms with Gasteiger partial charge in [-0.2, -0.15) is 0 Å². The topological polar surface area (TPSA) is 82.8 Å². The van der Waals surface area contributed by atoms with Gasteiger partial charge in [0.15, 0.2) is 11.5 Å². The van der Waals surface area contributed by atoms with Crippen molar-refractivity contribution in [1.29, 1.82) is 0 Å². The monoisotopic (exact) mass is 380 g/mol. The fraction of sp³-hybridized carbons (Fsp3) is 0.316. The largest absolute Gasteiger partial charge is 0.493 e. The molecule has 0 atom stereocenters. The minimum absolute atomic E-state index is 0. The van der Waals surface area contributed by atoms with E-state index in [1.807, 2.05) is 24.3 Å². The zero-order valence-electron chi connectivity index (χ0n) is 15.2. The van der Waals surface area contributed by atoms with E-state index < -0.39 is 0 Å². The standard InChI is InChI=1S/C19H24N2O4.ClH/c1-23-16-9-8-14(17(24-2)18(16)25-3)10-11-21-19(22)15-6-4-13(12-20)5-7-15;/h4-9H,10-12,20H2,1-3H3,(H,21,22);1H. The van der Waals surface area contributed by atoms with E-state index in [1.165, 1.54) is 0 Å². The highest BCUT2D eigenvalue weighted by Crippen LogP contribution is 2.39. The lowest BCUT2D eigenvalue weighted by molar-refractivity contribution is 0.0954. The molecule has 0 spiro atoms. The lowest BCUT2D eigenvalue weighted by atomic mass is 10.1. The molecule has 3 N–H and O–H groups in total. The number of rotatable bonds is 8. The first kappa shape index (κ1) is 21.6. The first-order valence-electron chi connectivity index (χ1n) is 7.99. The van der Waals surface area contributed by atoms with Gasteiger partial charge in [0, 0.05) is 24.2 Å². The number of nitrogens with one attached hydrogen (secondary N) is 1. The minimum Gasteiger partial charge on any atom is -0.493 e. The molecule has 1 amide bonds. The van der Waals surface area contributed by atoms with Crippen molar-refractivity contribution in [2.75, 3.05) is 27.9 Å². The lowest BCUT2D eigenvalue weighted by Gasteiger charge is -2.16. The van der Waals surface area contributed by atoms with Gasteiger partial charge in [-0.15, -0.1) is 12.4 Å². The molecule has 26 heavy (non-hydrogen) atoms. The number of carbonyl (C=O) groups is 1. The Morgan fingerprint density at radius 2 is 1.62 bits per heavy atom. The summed E-state index contributed by atoms with van der Waals surface area (Å²) in [5.41, 5.74) is 8.09. The Morgan fingerprint density at radius 3 is 2.15 bits per heavy atom. The number of nitrogens with two attached hydrogens (primary N) is 1. The average molecular weight is 381 g/mol. The number of hydrogen-bond acceptors (Lipinski definition) is 5. The molecule has 6 nitrogen and oxygen atoms in total. The highest BCUT2D eigenvalue weighted by Gasteiger charge is 2.15. The van der Waals surface area contributed by atoms with E-state index in [1.54, 1.807) is 33.5 Å². The molecule has 0 bridgehead atoms. The molecule has 2 rings (SSSR count).